The average Bonchev–Trinajstić information content (AvgIpc) is 2.37. The monoisotopic (exact) mass is 275 g/mol. The van der Waals surface area contributed by atoms with E-state index in [0.29, 0.717) is 19.8 Å². The third kappa shape index (κ3) is 6.31. The maximum atomic E-state index is 12.9. The van der Waals surface area contributed by atoms with E-state index in [0.717, 1.165) is 25.1 Å². The highest BCUT2D eigenvalue weighted by atomic mass is 35.5. The van der Waals surface area contributed by atoms with Gasteiger partial charge in [0.05, 0.1) is 11.6 Å². The van der Waals surface area contributed by atoms with Crippen molar-refractivity contribution in [1.29, 1.82) is 0 Å². The van der Waals surface area contributed by atoms with Gasteiger partial charge in [-0.15, -0.1) is 0 Å². The first-order chi connectivity index (χ1) is 8.74. The van der Waals surface area contributed by atoms with Crippen molar-refractivity contribution in [1.82, 2.24) is 5.32 Å². The Morgan fingerprint density at radius 1 is 1.28 bits per heavy atom. The Balaban J connectivity index is 2.05. The van der Waals surface area contributed by atoms with Crippen molar-refractivity contribution in [3.63, 3.8) is 0 Å². The van der Waals surface area contributed by atoms with Crippen LogP contribution in [-0.2, 0) is 16.0 Å². The van der Waals surface area contributed by atoms with E-state index in [9.17, 15) is 4.39 Å². The fraction of sp³-hybridized carbons (Fsp3) is 0.538. The number of nitrogens with one attached hydrogen (secondary N) is 1. The van der Waals surface area contributed by atoms with Crippen molar-refractivity contribution < 1.29 is 13.9 Å². The molecule has 0 amide bonds. The normalized spacial score (nSPS) is 10.8. The Hall–Kier alpha value is -0.680. The van der Waals surface area contributed by atoms with Crippen LogP contribution in [0.25, 0.3) is 0 Å². The quantitative estimate of drug-likeness (QED) is 0.703. The second-order valence-electron chi connectivity index (χ2n) is 3.88. The molecule has 0 heterocycles. The van der Waals surface area contributed by atoms with Crippen LogP contribution in [0.4, 0.5) is 4.39 Å². The van der Waals surface area contributed by atoms with Crippen LogP contribution in [0.1, 0.15) is 12.0 Å². The number of hydrogen-bond donors (Lipinski definition) is 1. The zero-order chi connectivity index (χ0) is 13.2. The Morgan fingerprint density at radius 3 is 2.83 bits per heavy atom. The molecule has 1 rings (SSSR count). The zero-order valence-corrected chi connectivity index (χ0v) is 11.3. The van der Waals surface area contributed by atoms with Crippen molar-refractivity contribution in [2.45, 2.75) is 13.0 Å². The predicted molar refractivity (Wildman–Crippen MR) is 70.4 cm³/mol. The third-order valence-corrected chi connectivity index (χ3v) is 2.66. The molecule has 5 heteroatoms. The molecule has 0 radical (unpaired) electrons. The third-order valence-electron chi connectivity index (χ3n) is 2.37. The lowest BCUT2D eigenvalue weighted by Gasteiger charge is -2.06. The van der Waals surface area contributed by atoms with Gasteiger partial charge < -0.3 is 14.8 Å². The molecule has 0 aliphatic carbocycles. The lowest BCUT2D eigenvalue weighted by molar-refractivity contribution is 0.104. The van der Waals surface area contributed by atoms with Crippen LogP contribution < -0.4 is 5.32 Å². The molecule has 1 N–H and O–H groups in total. The standard InChI is InChI=1S/C13H19ClFNO2/c1-17-6-2-7-18-8-5-16-10-11-3-4-13(15)12(14)9-11/h3-4,9,16H,2,5-8,10H2,1H3. The molecule has 0 atom stereocenters. The molecule has 1 aromatic carbocycles. The summed E-state index contributed by atoms with van der Waals surface area (Å²) in [6.07, 6.45) is 0.907. The molecule has 0 unspecified atom stereocenters. The smallest absolute Gasteiger partial charge is 0.141 e. The number of benzene rings is 1. The van der Waals surface area contributed by atoms with E-state index in [1.165, 1.54) is 6.07 Å². The lowest BCUT2D eigenvalue weighted by atomic mass is 10.2. The fourth-order valence-corrected chi connectivity index (χ4v) is 1.64. The summed E-state index contributed by atoms with van der Waals surface area (Å²) >= 11 is 5.69. The topological polar surface area (TPSA) is 30.5 Å². The van der Waals surface area contributed by atoms with Gasteiger partial charge >= 0.3 is 0 Å². The van der Waals surface area contributed by atoms with E-state index in [-0.39, 0.29) is 10.8 Å². The molecular weight excluding hydrogens is 257 g/mol. The molecule has 3 nitrogen and oxygen atoms in total. The van der Waals surface area contributed by atoms with E-state index in [4.69, 9.17) is 21.1 Å². The summed E-state index contributed by atoms with van der Waals surface area (Å²) in [5, 5.41) is 3.36. The number of methoxy groups -OCH3 is 1. The van der Waals surface area contributed by atoms with Crippen LogP contribution in [0.3, 0.4) is 0 Å². The van der Waals surface area contributed by atoms with Gasteiger partial charge in [0.1, 0.15) is 5.82 Å². The Kier molecular flexibility index (Phi) is 7.93. The molecule has 0 aromatic heterocycles. The minimum absolute atomic E-state index is 0.158. The largest absolute Gasteiger partial charge is 0.385 e. The number of halogens is 2. The van der Waals surface area contributed by atoms with Crippen molar-refractivity contribution in [3.8, 4) is 0 Å². The summed E-state index contributed by atoms with van der Waals surface area (Å²) < 4.78 is 23.2. The molecule has 0 spiro atoms. The zero-order valence-electron chi connectivity index (χ0n) is 10.5. The average molecular weight is 276 g/mol. The highest BCUT2D eigenvalue weighted by Gasteiger charge is 2.00. The van der Waals surface area contributed by atoms with E-state index >= 15 is 0 Å². The second-order valence-corrected chi connectivity index (χ2v) is 4.29. The van der Waals surface area contributed by atoms with Crippen LogP contribution >= 0.6 is 11.6 Å². The highest BCUT2D eigenvalue weighted by Crippen LogP contribution is 2.15. The van der Waals surface area contributed by atoms with Gasteiger partial charge in [-0.2, -0.15) is 0 Å². The summed E-state index contributed by atoms with van der Waals surface area (Å²) in [7, 11) is 1.68. The van der Waals surface area contributed by atoms with Crippen molar-refractivity contribution in [2.75, 3.05) is 33.5 Å². The van der Waals surface area contributed by atoms with Crippen molar-refractivity contribution in [2.24, 2.45) is 0 Å². The Labute approximate surface area is 112 Å². The van der Waals surface area contributed by atoms with Crippen molar-refractivity contribution >= 4 is 11.6 Å². The van der Waals surface area contributed by atoms with Crippen LogP contribution in [0.5, 0.6) is 0 Å². The summed E-state index contributed by atoms with van der Waals surface area (Å²) in [5.74, 6) is -0.387. The van der Waals surface area contributed by atoms with E-state index in [2.05, 4.69) is 5.32 Å². The van der Waals surface area contributed by atoms with Crippen LogP contribution in [0.15, 0.2) is 18.2 Å². The number of ether oxygens (including phenoxy) is 2. The summed E-state index contributed by atoms with van der Waals surface area (Å²) in [6, 6.07) is 4.72. The Bertz CT molecular complexity index is 350. The second kappa shape index (κ2) is 9.28. The van der Waals surface area contributed by atoms with E-state index in [1.807, 2.05) is 0 Å². The van der Waals surface area contributed by atoms with Gasteiger partial charge in [0.2, 0.25) is 0 Å². The first kappa shape index (κ1) is 15.4. The van der Waals surface area contributed by atoms with Gasteiger partial charge in [-0.1, -0.05) is 17.7 Å². The number of rotatable bonds is 9. The minimum Gasteiger partial charge on any atom is -0.385 e. The maximum Gasteiger partial charge on any atom is 0.141 e. The van der Waals surface area contributed by atoms with Gasteiger partial charge in [0, 0.05) is 33.4 Å². The molecule has 18 heavy (non-hydrogen) atoms. The first-order valence-electron chi connectivity index (χ1n) is 5.95. The van der Waals surface area contributed by atoms with Gasteiger partial charge in [0.15, 0.2) is 0 Å². The number of hydrogen-bond acceptors (Lipinski definition) is 3. The summed E-state index contributed by atoms with van der Waals surface area (Å²) in [4.78, 5) is 0. The molecule has 102 valence electrons. The molecule has 0 fully saturated rings. The fourth-order valence-electron chi connectivity index (χ4n) is 1.43. The van der Waals surface area contributed by atoms with Gasteiger partial charge in [-0.3, -0.25) is 0 Å². The first-order valence-corrected chi connectivity index (χ1v) is 6.33. The lowest BCUT2D eigenvalue weighted by Crippen LogP contribution is -2.19. The SMILES string of the molecule is COCCCOCCNCc1ccc(F)c(Cl)c1. The van der Waals surface area contributed by atoms with E-state index in [1.54, 1.807) is 19.2 Å². The molecule has 0 saturated carbocycles. The molecule has 0 aliphatic rings. The van der Waals surface area contributed by atoms with Crippen LogP contribution in [-0.4, -0.2) is 33.5 Å². The summed E-state index contributed by atoms with van der Waals surface area (Å²) in [6.45, 7) is 3.49. The molecule has 0 bridgehead atoms. The highest BCUT2D eigenvalue weighted by molar-refractivity contribution is 6.30. The van der Waals surface area contributed by atoms with Crippen LogP contribution in [0.2, 0.25) is 5.02 Å². The van der Waals surface area contributed by atoms with Gasteiger partial charge in [-0.05, 0) is 24.1 Å². The molecular formula is C13H19ClFNO2. The van der Waals surface area contributed by atoms with Crippen LogP contribution in [0, 0.1) is 5.82 Å². The van der Waals surface area contributed by atoms with E-state index < -0.39 is 0 Å². The van der Waals surface area contributed by atoms with Gasteiger partial charge in [0.25, 0.3) is 0 Å². The molecule has 0 saturated heterocycles. The summed E-state index contributed by atoms with van der Waals surface area (Å²) in [5.41, 5.74) is 0.959. The minimum atomic E-state index is -0.387. The Morgan fingerprint density at radius 2 is 2.11 bits per heavy atom. The molecule has 0 aliphatic heterocycles. The predicted octanol–water partition coefficient (Wildman–Crippen LogP) is 2.62. The van der Waals surface area contributed by atoms with Crippen molar-refractivity contribution in [3.05, 3.63) is 34.6 Å². The molecule has 1 aromatic rings. The maximum absolute atomic E-state index is 12.9. The van der Waals surface area contributed by atoms with Gasteiger partial charge in [-0.25, -0.2) is 4.39 Å².